The highest BCUT2D eigenvalue weighted by atomic mass is 19.1. The van der Waals surface area contributed by atoms with Crippen LogP contribution >= 0.6 is 0 Å². The van der Waals surface area contributed by atoms with Crippen LogP contribution in [0.15, 0.2) is 18.2 Å². The van der Waals surface area contributed by atoms with E-state index in [-0.39, 0.29) is 18.3 Å². The molecule has 0 aromatic heterocycles. The Kier molecular flexibility index (Phi) is 5.17. The highest BCUT2D eigenvalue weighted by Crippen LogP contribution is 2.25. The largest absolute Gasteiger partial charge is 0.484 e. The minimum absolute atomic E-state index is 0.0481. The van der Waals surface area contributed by atoms with Gasteiger partial charge >= 0.3 is 0 Å². The summed E-state index contributed by atoms with van der Waals surface area (Å²) in [6.07, 6.45) is 2.13. The maximum atomic E-state index is 13.6. The Morgan fingerprint density at radius 2 is 2.14 bits per heavy atom. The number of amides is 1. The number of nitrogens with one attached hydrogen (secondary N) is 1. The lowest BCUT2D eigenvalue weighted by molar-refractivity contribution is -0.132. The molecule has 1 saturated carbocycles. The van der Waals surface area contributed by atoms with Gasteiger partial charge in [-0.3, -0.25) is 4.79 Å². The molecule has 1 amide bonds. The first-order valence-corrected chi connectivity index (χ1v) is 7.37. The number of ether oxygens (including phenoxy) is 1. The van der Waals surface area contributed by atoms with Gasteiger partial charge in [0.15, 0.2) is 6.61 Å². The maximum Gasteiger partial charge on any atom is 0.260 e. The first-order chi connectivity index (χ1) is 9.95. The molecular weight excluding hydrogens is 271 g/mol. The van der Waals surface area contributed by atoms with Gasteiger partial charge in [0.25, 0.3) is 5.91 Å². The van der Waals surface area contributed by atoms with E-state index in [1.54, 1.807) is 18.0 Å². The summed E-state index contributed by atoms with van der Waals surface area (Å²) in [5, 5.41) is 3.23. The molecule has 4 nitrogen and oxygen atoms in total. The van der Waals surface area contributed by atoms with E-state index in [0.717, 1.165) is 18.4 Å². The lowest BCUT2D eigenvalue weighted by Crippen LogP contribution is -2.33. The van der Waals surface area contributed by atoms with E-state index in [1.165, 1.54) is 12.1 Å². The molecule has 0 spiro atoms. The van der Waals surface area contributed by atoms with E-state index in [0.29, 0.717) is 24.4 Å². The molecule has 1 N–H and O–H groups in total. The van der Waals surface area contributed by atoms with Gasteiger partial charge in [-0.05, 0) is 30.5 Å². The van der Waals surface area contributed by atoms with Crippen molar-refractivity contribution in [3.05, 3.63) is 29.6 Å². The molecule has 1 aromatic rings. The summed E-state index contributed by atoms with van der Waals surface area (Å²) in [6, 6.07) is 5.23. The van der Waals surface area contributed by atoms with Crippen molar-refractivity contribution in [3.8, 4) is 5.75 Å². The van der Waals surface area contributed by atoms with Crippen LogP contribution in [0.4, 0.5) is 4.39 Å². The van der Waals surface area contributed by atoms with Crippen molar-refractivity contribution in [2.75, 3.05) is 13.7 Å². The van der Waals surface area contributed by atoms with E-state index in [9.17, 15) is 9.18 Å². The smallest absolute Gasteiger partial charge is 0.260 e. The summed E-state index contributed by atoms with van der Waals surface area (Å²) in [5.41, 5.74) is 0.807. The fraction of sp³-hybridized carbons (Fsp3) is 0.562. The molecule has 0 heterocycles. The summed E-state index contributed by atoms with van der Waals surface area (Å²) in [7, 11) is 1.78. The predicted molar refractivity (Wildman–Crippen MR) is 79.7 cm³/mol. The topological polar surface area (TPSA) is 41.6 Å². The van der Waals surface area contributed by atoms with Gasteiger partial charge in [-0.15, -0.1) is 0 Å². The van der Waals surface area contributed by atoms with Gasteiger partial charge in [0.2, 0.25) is 0 Å². The molecular formula is C16H23FN2O2. The lowest BCUT2D eigenvalue weighted by Gasteiger charge is -2.17. The molecule has 0 atom stereocenters. The first-order valence-electron chi connectivity index (χ1n) is 7.37. The molecule has 2 rings (SSSR count). The minimum atomic E-state index is -0.351. The second-order valence-corrected chi connectivity index (χ2v) is 5.86. The first kappa shape index (κ1) is 15.8. The Morgan fingerprint density at radius 3 is 2.76 bits per heavy atom. The molecule has 0 aliphatic heterocycles. The third-order valence-electron chi connectivity index (χ3n) is 3.50. The monoisotopic (exact) mass is 294 g/mol. The third-order valence-corrected chi connectivity index (χ3v) is 3.50. The molecule has 1 aromatic carbocycles. The average molecular weight is 294 g/mol. The summed E-state index contributed by atoms with van der Waals surface area (Å²) < 4.78 is 19.0. The van der Waals surface area contributed by atoms with Crippen molar-refractivity contribution in [1.82, 2.24) is 10.2 Å². The van der Waals surface area contributed by atoms with Crippen LogP contribution in [-0.4, -0.2) is 36.5 Å². The van der Waals surface area contributed by atoms with Gasteiger partial charge in [-0.1, -0.05) is 13.8 Å². The molecule has 0 saturated heterocycles. The van der Waals surface area contributed by atoms with Gasteiger partial charge in [0.1, 0.15) is 11.6 Å². The number of carbonyl (C=O) groups is 1. The van der Waals surface area contributed by atoms with Crippen molar-refractivity contribution >= 4 is 5.91 Å². The zero-order valence-electron chi connectivity index (χ0n) is 12.9. The average Bonchev–Trinajstić information content (AvgIpc) is 3.25. The highest BCUT2D eigenvalue weighted by Gasteiger charge is 2.29. The van der Waals surface area contributed by atoms with E-state index in [4.69, 9.17) is 4.74 Å². The van der Waals surface area contributed by atoms with Crippen LogP contribution in [0.2, 0.25) is 0 Å². The summed E-state index contributed by atoms with van der Waals surface area (Å²) in [4.78, 5) is 13.6. The number of carbonyl (C=O) groups excluding carboxylic acids is 1. The van der Waals surface area contributed by atoms with Crippen molar-refractivity contribution < 1.29 is 13.9 Å². The minimum Gasteiger partial charge on any atom is -0.484 e. The van der Waals surface area contributed by atoms with Gasteiger partial charge in [-0.2, -0.15) is 0 Å². The Labute approximate surface area is 125 Å². The number of hydrogen-bond donors (Lipinski definition) is 1. The molecule has 0 radical (unpaired) electrons. The van der Waals surface area contributed by atoms with Crippen molar-refractivity contribution in [2.24, 2.45) is 0 Å². The molecule has 21 heavy (non-hydrogen) atoms. The number of nitrogens with zero attached hydrogens (tertiary/aromatic N) is 1. The second kappa shape index (κ2) is 6.89. The number of hydrogen-bond acceptors (Lipinski definition) is 3. The molecule has 0 bridgehead atoms. The number of benzene rings is 1. The van der Waals surface area contributed by atoms with Crippen LogP contribution in [-0.2, 0) is 11.3 Å². The van der Waals surface area contributed by atoms with Crippen LogP contribution in [0.5, 0.6) is 5.75 Å². The Morgan fingerprint density at radius 1 is 1.43 bits per heavy atom. The number of likely N-dealkylation sites (N-methyl/N-ethyl adjacent to an activating group) is 1. The maximum absolute atomic E-state index is 13.6. The Balaban J connectivity index is 1.91. The van der Waals surface area contributed by atoms with Crippen LogP contribution in [0.1, 0.15) is 32.3 Å². The molecule has 5 heteroatoms. The predicted octanol–water partition coefficient (Wildman–Crippen LogP) is 2.32. The van der Waals surface area contributed by atoms with Crippen LogP contribution in [0.25, 0.3) is 0 Å². The number of rotatable bonds is 7. The van der Waals surface area contributed by atoms with Crippen LogP contribution in [0.3, 0.4) is 0 Å². The van der Waals surface area contributed by atoms with Gasteiger partial charge in [0.05, 0.1) is 0 Å². The lowest BCUT2D eigenvalue weighted by atomic mass is 10.2. The highest BCUT2D eigenvalue weighted by molar-refractivity contribution is 5.78. The Hall–Kier alpha value is -1.62. The summed E-state index contributed by atoms with van der Waals surface area (Å²) >= 11 is 0. The summed E-state index contributed by atoms with van der Waals surface area (Å²) in [5.74, 6) is -0.0206. The third kappa shape index (κ3) is 5.01. The zero-order valence-corrected chi connectivity index (χ0v) is 12.9. The van der Waals surface area contributed by atoms with E-state index in [2.05, 4.69) is 5.32 Å². The van der Waals surface area contributed by atoms with Gasteiger partial charge < -0.3 is 15.0 Å². The fourth-order valence-corrected chi connectivity index (χ4v) is 2.04. The summed E-state index contributed by atoms with van der Waals surface area (Å²) in [6.45, 7) is 4.58. The molecule has 1 aliphatic carbocycles. The Bertz CT molecular complexity index is 501. The van der Waals surface area contributed by atoms with E-state index < -0.39 is 0 Å². The molecule has 1 fully saturated rings. The SMILES string of the molecule is CC(C)NCc1cc(F)cc(OCC(=O)N(C)C2CC2)c1. The number of halogens is 1. The molecule has 1 aliphatic rings. The van der Waals surface area contributed by atoms with Crippen LogP contribution in [0, 0.1) is 5.82 Å². The van der Waals surface area contributed by atoms with Crippen LogP contribution < -0.4 is 10.1 Å². The normalized spacial score (nSPS) is 14.3. The molecule has 116 valence electrons. The standard InChI is InChI=1S/C16H23FN2O2/c1-11(2)18-9-12-6-13(17)8-15(7-12)21-10-16(20)19(3)14-4-5-14/h6-8,11,14,18H,4-5,9-10H2,1-3H3. The fourth-order valence-electron chi connectivity index (χ4n) is 2.04. The van der Waals surface area contributed by atoms with Gasteiger partial charge in [0, 0.05) is 31.7 Å². The van der Waals surface area contributed by atoms with E-state index >= 15 is 0 Å². The van der Waals surface area contributed by atoms with E-state index in [1.807, 2.05) is 13.8 Å². The quantitative estimate of drug-likeness (QED) is 0.839. The van der Waals surface area contributed by atoms with Gasteiger partial charge in [-0.25, -0.2) is 4.39 Å². The zero-order chi connectivity index (χ0) is 15.4. The van der Waals surface area contributed by atoms with Crippen molar-refractivity contribution in [3.63, 3.8) is 0 Å². The second-order valence-electron chi connectivity index (χ2n) is 5.86. The molecule has 0 unspecified atom stereocenters. The van der Waals surface area contributed by atoms with Crippen molar-refractivity contribution in [1.29, 1.82) is 0 Å². The van der Waals surface area contributed by atoms with Crippen molar-refractivity contribution in [2.45, 2.75) is 45.3 Å².